The second-order valence-electron chi connectivity index (χ2n) is 4.93. The Labute approximate surface area is 112 Å². The van der Waals surface area contributed by atoms with Gasteiger partial charge in [0.15, 0.2) is 0 Å². The normalized spacial score (nSPS) is 19.4. The topological polar surface area (TPSA) is 86.8 Å². The van der Waals surface area contributed by atoms with Crippen LogP contribution in [0.3, 0.4) is 0 Å². The number of amides is 1. The first-order valence-electron chi connectivity index (χ1n) is 6.66. The number of benzene rings is 1. The number of hydrogen-bond acceptors (Lipinski definition) is 4. The summed E-state index contributed by atoms with van der Waals surface area (Å²) in [7, 11) is 0. The second kappa shape index (κ2) is 5.93. The fourth-order valence-corrected chi connectivity index (χ4v) is 2.62. The zero-order chi connectivity index (χ0) is 13.8. The lowest BCUT2D eigenvalue weighted by Crippen LogP contribution is -2.44. The van der Waals surface area contributed by atoms with Crippen LogP contribution in [-0.2, 0) is 0 Å². The summed E-state index contributed by atoms with van der Waals surface area (Å²) in [6.07, 6.45) is 3.83. The van der Waals surface area contributed by atoms with E-state index in [9.17, 15) is 15.0 Å². The Morgan fingerprint density at radius 1 is 1.37 bits per heavy atom. The highest BCUT2D eigenvalue weighted by Crippen LogP contribution is 2.27. The van der Waals surface area contributed by atoms with E-state index < -0.39 is 0 Å². The standard InChI is InChI=1S/C14H20N2O3/c15-7-6-10-3-1-2-8-16(10)14(19)12-5-4-11(17)9-13(12)18/h4-5,9-10,17-18H,1-3,6-8,15H2. The van der Waals surface area contributed by atoms with Crippen molar-refractivity contribution in [2.45, 2.75) is 31.7 Å². The summed E-state index contributed by atoms with van der Waals surface area (Å²) < 4.78 is 0. The molecule has 19 heavy (non-hydrogen) atoms. The molecule has 1 amide bonds. The van der Waals surface area contributed by atoms with E-state index in [4.69, 9.17) is 5.73 Å². The minimum Gasteiger partial charge on any atom is -0.508 e. The SMILES string of the molecule is NCCC1CCCCN1C(=O)c1ccc(O)cc1O. The van der Waals surface area contributed by atoms with Gasteiger partial charge >= 0.3 is 0 Å². The van der Waals surface area contributed by atoms with Crippen LogP contribution in [0.15, 0.2) is 18.2 Å². The predicted octanol–water partition coefficient (Wildman–Crippen LogP) is 1.44. The highest BCUT2D eigenvalue weighted by atomic mass is 16.3. The van der Waals surface area contributed by atoms with E-state index >= 15 is 0 Å². The van der Waals surface area contributed by atoms with Gasteiger partial charge in [0.2, 0.25) is 0 Å². The molecular formula is C14H20N2O3. The molecule has 1 atom stereocenters. The monoisotopic (exact) mass is 264 g/mol. The van der Waals surface area contributed by atoms with Crippen molar-refractivity contribution >= 4 is 5.91 Å². The molecule has 0 bridgehead atoms. The van der Waals surface area contributed by atoms with Gasteiger partial charge in [-0.15, -0.1) is 0 Å². The molecule has 5 nitrogen and oxygen atoms in total. The maximum absolute atomic E-state index is 12.5. The van der Waals surface area contributed by atoms with Crippen molar-refractivity contribution in [3.8, 4) is 11.5 Å². The van der Waals surface area contributed by atoms with Gasteiger partial charge in [-0.1, -0.05) is 0 Å². The van der Waals surface area contributed by atoms with Crippen LogP contribution in [0.5, 0.6) is 11.5 Å². The van der Waals surface area contributed by atoms with Crippen LogP contribution in [0.2, 0.25) is 0 Å². The van der Waals surface area contributed by atoms with E-state index in [1.165, 1.54) is 18.2 Å². The van der Waals surface area contributed by atoms with Crippen LogP contribution >= 0.6 is 0 Å². The molecule has 0 spiro atoms. The maximum Gasteiger partial charge on any atom is 0.257 e. The van der Waals surface area contributed by atoms with Gasteiger partial charge in [0, 0.05) is 18.7 Å². The summed E-state index contributed by atoms with van der Waals surface area (Å²) in [5.41, 5.74) is 5.83. The van der Waals surface area contributed by atoms with Crippen molar-refractivity contribution in [2.24, 2.45) is 5.73 Å². The number of nitrogens with two attached hydrogens (primary N) is 1. The number of phenolic OH excluding ortho intramolecular Hbond substituents is 2. The molecule has 4 N–H and O–H groups in total. The summed E-state index contributed by atoms with van der Waals surface area (Å²) in [5.74, 6) is -0.413. The summed E-state index contributed by atoms with van der Waals surface area (Å²) in [6, 6.07) is 4.21. The molecule has 0 aromatic heterocycles. The van der Waals surface area contributed by atoms with Crippen LogP contribution in [0, 0.1) is 0 Å². The molecule has 1 aromatic carbocycles. The van der Waals surface area contributed by atoms with E-state index in [-0.39, 0.29) is 29.0 Å². The van der Waals surface area contributed by atoms with Crippen molar-refractivity contribution in [2.75, 3.05) is 13.1 Å². The van der Waals surface area contributed by atoms with Gasteiger partial charge in [-0.05, 0) is 44.4 Å². The molecule has 1 unspecified atom stereocenters. The molecule has 0 saturated carbocycles. The summed E-state index contributed by atoms with van der Waals surface area (Å²) in [5, 5.41) is 19.0. The Hall–Kier alpha value is -1.75. The number of carbonyl (C=O) groups is 1. The number of nitrogens with zero attached hydrogens (tertiary/aromatic N) is 1. The first-order chi connectivity index (χ1) is 9.13. The minimum atomic E-state index is -0.185. The highest BCUT2D eigenvalue weighted by Gasteiger charge is 2.28. The van der Waals surface area contributed by atoms with Crippen LogP contribution < -0.4 is 5.73 Å². The Kier molecular flexibility index (Phi) is 4.27. The molecule has 1 aliphatic rings. The van der Waals surface area contributed by atoms with Gasteiger partial charge < -0.3 is 20.8 Å². The number of likely N-dealkylation sites (tertiary alicyclic amines) is 1. The van der Waals surface area contributed by atoms with Crippen molar-refractivity contribution < 1.29 is 15.0 Å². The lowest BCUT2D eigenvalue weighted by Gasteiger charge is -2.35. The molecule has 5 heteroatoms. The molecule has 1 aliphatic heterocycles. The average Bonchev–Trinajstić information content (AvgIpc) is 2.39. The quantitative estimate of drug-likeness (QED) is 0.771. The average molecular weight is 264 g/mol. The number of aromatic hydroxyl groups is 2. The molecule has 104 valence electrons. The van der Waals surface area contributed by atoms with E-state index in [0.717, 1.165) is 25.7 Å². The van der Waals surface area contributed by atoms with Crippen LogP contribution in [0.1, 0.15) is 36.0 Å². The fourth-order valence-electron chi connectivity index (χ4n) is 2.62. The summed E-state index contributed by atoms with van der Waals surface area (Å²) in [4.78, 5) is 14.3. The highest BCUT2D eigenvalue weighted by molar-refractivity contribution is 5.97. The molecule has 1 heterocycles. The number of carbonyl (C=O) groups excluding carboxylic acids is 1. The molecule has 1 saturated heterocycles. The van der Waals surface area contributed by atoms with E-state index in [2.05, 4.69) is 0 Å². The molecule has 0 aliphatic carbocycles. The van der Waals surface area contributed by atoms with Gasteiger partial charge in [0.05, 0.1) is 5.56 Å². The molecule has 0 radical (unpaired) electrons. The van der Waals surface area contributed by atoms with Gasteiger partial charge in [-0.3, -0.25) is 4.79 Å². The largest absolute Gasteiger partial charge is 0.508 e. The van der Waals surface area contributed by atoms with Crippen LogP contribution in [-0.4, -0.2) is 40.2 Å². The van der Waals surface area contributed by atoms with Gasteiger partial charge in [0.25, 0.3) is 5.91 Å². The fraction of sp³-hybridized carbons (Fsp3) is 0.500. The zero-order valence-electron chi connectivity index (χ0n) is 10.9. The lowest BCUT2D eigenvalue weighted by atomic mass is 9.98. The van der Waals surface area contributed by atoms with E-state index in [1.54, 1.807) is 4.90 Å². The van der Waals surface area contributed by atoms with Gasteiger partial charge in [-0.25, -0.2) is 0 Å². The first-order valence-corrected chi connectivity index (χ1v) is 6.66. The van der Waals surface area contributed by atoms with Crippen molar-refractivity contribution in [3.05, 3.63) is 23.8 Å². The summed E-state index contributed by atoms with van der Waals surface area (Å²) in [6.45, 7) is 1.25. The Morgan fingerprint density at radius 2 is 2.16 bits per heavy atom. The third-order valence-corrected chi connectivity index (χ3v) is 3.60. The van der Waals surface area contributed by atoms with Gasteiger partial charge in [0.1, 0.15) is 11.5 Å². The van der Waals surface area contributed by atoms with Crippen LogP contribution in [0.25, 0.3) is 0 Å². The van der Waals surface area contributed by atoms with E-state index in [1.807, 2.05) is 0 Å². The maximum atomic E-state index is 12.5. The molecular weight excluding hydrogens is 244 g/mol. The Morgan fingerprint density at radius 3 is 2.84 bits per heavy atom. The first kappa shape index (κ1) is 13.7. The Balaban J connectivity index is 2.21. The van der Waals surface area contributed by atoms with Crippen molar-refractivity contribution in [1.29, 1.82) is 0 Å². The smallest absolute Gasteiger partial charge is 0.257 e. The number of hydrogen-bond donors (Lipinski definition) is 3. The number of piperidine rings is 1. The van der Waals surface area contributed by atoms with Crippen molar-refractivity contribution in [1.82, 2.24) is 4.90 Å². The predicted molar refractivity (Wildman–Crippen MR) is 72.1 cm³/mol. The molecule has 2 rings (SSSR count). The molecule has 1 fully saturated rings. The third kappa shape index (κ3) is 2.98. The number of phenols is 2. The van der Waals surface area contributed by atoms with Crippen LogP contribution in [0.4, 0.5) is 0 Å². The van der Waals surface area contributed by atoms with E-state index in [0.29, 0.717) is 13.1 Å². The lowest BCUT2D eigenvalue weighted by molar-refractivity contribution is 0.0602. The van der Waals surface area contributed by atoms with Gasteiger partial charge in [-0.2, -0.15) is 0 Å². The minimum absolute atomic E-state index is 0.0498. The van der Waals surface area contributed by atoms with Crippen molar-refractivity contribution in [3.63, 3.8) is 0 Å². The number of rotatable bonds is 3. The third-order valence-electron chi connectivity index (χ3n) is 3.60. The summed E-state index contributed by atoms with van der Waals surface area (Å²) >= 11 is 0. The zero-order valence-corrected chi connectivity index (χ0v) is 10.9. The second-order valence-corrected chi connectivity index (χ2v) is 4.93. The Bertz CT molecular complexity index is 460. The molecule has 1 aromatic rings.